The van der Waals surface area contributed by atoms with Gasteiger partial charge in [-0.2, -0.15) is 4.68 Å². The third kappa shape index (κ3) is 6.11. The summed E-state index contributed by atoms with van der Waals surface area (Å²) >= 11 is 0. The Balaban J connectivity index is 1.98. The molecule has 0 radical (unpaired) electrons. The van der Waals surface area contributed by atoms with E-state index in [1.807, 2.05) is 50.2 Å². The van der Waals surface area contributed by atoms with Crippen LogP contribution in [-0.2, 0) is 11.2 Å². The van der Waals surface area contributed by atoms with Gasteiger partial charge in [0.1, 0.15) is 5.75 Å². The second-order valence-corrected chi connectivity index (χ2v) is 8.08. The number of rotatable bonds is 8. The monoisotopic (exact) mass is 423 g/mol. The van der Waals surface area contributed by atoms with Crippen molar-refractivity contribution in [1.29, 1.82) is 0 Å². The Bertz CT molecular complexity index is 1010. The zero-order chi connectivity index (χ0) is 22.4. The van der Waals surface area contributed by atoms with Crippen LogP contribution >= 0.6 is 0 Å². The number of amides is 1. The number of hydrogen-bond donors (Lipinski definition) is 1. The molecule has 3 rings (SSSR count). The molecule has 0 spiro atoms. The first-order chi connectivity index (χ1) is 14.9. The summed E-state index contributed by atoms with van der Waals surface area (Å²) in [4.78, 5) is 12.4. The van der Waals surface area contributed by atoms with Crippen molar-refractivity contribution in [1.82, 2.24) is 25.5 Å². The van der Waals surface area contributed by atoms with Crippen molar-refractivity contribution in [2.45, 2.75) is 40.2 Å². The molecule has 8 heteroatoms. The topological polar surface area (TPSA) is 91.2 Å². The number of aryl methyl sites for hydroxylation is 1. The van der Waals surface area contributed by atoms with Crippen molar-refractivity contribution in [2.24, 2.45) is 5.92 Å². The first-order valence-corrected chi connectivity index (χ1v) is 10.3. The quantitative estimate of drug-likeness (QED) is 0.590. The molecule has 0 aliphatic heterocycles. The fraction of sp³-hybridized carbons (Fsp3) is 0.391. The Morgan fingerprint density at radius 2 is 1.84 bits per heavy atom. The fourth-order valence-electron chi connectivity index (χ4n) is 3.21. The summed E-state index contributed by atoms with van der Waals surface area (Å²) in [6.07, 6.45) is 0.183. The van der Waals surface area contributed by atoms with Gasteiger partial charge in [-0.15, -0.1) is 5.10 Å². The van der Waals surface area contributed by atoms with Gasteiger partial charge in [-0.3, -0.25) is 0 Å². The molecule has 1 amide bonds. The minimum absolute atomic E-state index is 0.172. The molecule has 1 heterocycles. The first-order valence-electron chi connectivity index (χ1n) is 10.3. The van der Waals surface area contributed by atoms with Gasteiger partial charge in [0.15, 0.2) is 5.82 Å². The lowest BCUT2D eigenvalue weighted by molar-refractivity contribution is 0.159. The standard InChI is InChI=1S/C23H29N5O3/c1-15(2)10-22-25-26-27-28(22)20-11-19(18-8-6-16(3)7-9-18)12-21(13-20)31-23(29)24-17(4)14-30-5/h6-9,11-13,15,17H,10,14H2,1-5H3,(H,24,29)/t17-/m1/s1. The highest BCUT2D eigenvalue weighted by molar-refractivity contribution is 5.74. The Morgan fingerprint density at radius 1 is 1.10 bits per heavy atom. The zero-order valence-electron chi connectivity index (χ0n) is 18.6. The van der Waals surface area contributed by atoms with E-state index >= 15 is 0 Å². The molecule has 0 saturated carbocycles. The summed E-state index contributed by atoms with van der Waals surface area (Å²) in [5.74, 6) is 1.55. The van der Waals surface area contributed by atoms with Crippen LogP contribution < -0.4 is 10.1 Å². The van der Waals surface area contributed by atoms with Crippen LogP contribution in [0.15, 0.2) is 42.5 Å². The van der Waals surface area contributed by atoms with Gasteiger partial charge in [0.25, 0.3) is 0 Å². The van der Waals surface area contributed by atoms with E-state index in [-0.39, 0.29) is 6.04 Å². The molecule has 0 unspecified atom stereocenters. The van der Waals surface area contributed by atoms with Crippen LogP contribution in [0, 0.1) is 12.8 Å². The lowest BCUT2D eigenvalue weighted by Crippen LogP contribution is -2.37. The van der Waals surface area contributed by atoms with Crippen LogP contribution in [0.25, 0.3) is 16.8 Å². The van der Waals surface area contributed by atoms with Gasteiger partial charge in [0.2, 0.25) is 0 Å². The van der Waals surface area contributed by atoms with Gasteiger partial charge in [-0.05, 0) is 53.5 Å². The lowest BCUT2D eigenvalue weighted by Gasteiger charge is -2.15. The highest BCUT2D eigenvalue weighted by Crippen LogP contribution is 2.29. The Hall–Kier alpha value is -3.26. The van der Waals surface area contributed by atoms with E-state index in [2.05, 4.69) is 34.7 Å². The van der Waals surface area contributed by atoms with Crippen molar-refractivity contribution in [2.75, 3.05) is 13.7 Å². The van der Waals surface area contributed by atoms with Gasteiger partial charge >= 0.3 is 6.09 Å². The van der Waals surface area contributed by atoms with Crippen LogP contribution in [-0.4, -0.2) is 46.1 Å². The van der Waals surface area contributed by atoms with Gasteiger partial charge in [0, 0.05) is 19.6 Å². The van der Waals surface area contributed by atoms with Gasteiger partial charge in [0.05, 0.1) is 18.3 Å². The second kappa shape index (κ2) is 10.2. The number of methoxy groups -OCH3 is 1. The normalized spacial score (nSPS) is 12.1. The Kier molecular flexibility index (Phi) is 7.36. The molecule has 0 aliphatic carbocycles. The molecule has 0 fully saturated rings. The Labute approximate surface area is 182 Å². The number of ether oxygens (including phenoxy) is 2. The van der Waals surface area contributed by atoms with Crippen LogP contribution in [0.5, 0.6) is 5.75 Å². The van der Waals surface area contributed by atoms with Gasteiger partial charge in [-0.1, -0.05) is 43.7 Å². The number of benzene rings is 2. The highest BCUT2D eigenvalue weighted by Gasteiger charge is 2.15. The molecule has 1 N–H and O–H groups in total. The van der Waals surface area contributed by atoms with Crippen LogP contribution in [0.4, 0.5) is 4.79 Å². The van der Waals surface area contributed by atoms with Gasteiger partial charge < -0.3 is 14.8 Å². The first kappa shape index (κ1) is 22.4. The molecular formula is C23H29N5O3. The van der Waals surface area contributed by atoms with Crippen molar-refractivity contribution >= 4 is 6.09 Å². The molecule has 1 aromatic heterocycles. The van der Waals surface area contributed by atoms with Crippen molar-refractivity contribution < 1.29 is 14.3 Å². The largest absolute Gasteiger partial charge is 0.412 e. The number of aromatic nitrogens is 4. The number of hydrogen-bond acceptors (Lipinski definition) is 6. The maximum absolute atomic E-state index is 12.4. The summed E-state index contributed by atoms with van der Waals surface area (Å²) in [6.45, 7) is 8.51. The average molecular weight is 424 g/mol. The summed E-state index contributed by atoms with van der Waals surface area (Å²) in [5.41, 5.74) is 3.80. The minimum Gasteiger partial charge on any atom is -0.410 e. The number of tetrazole rings is 1. The van der Waals surface area contributed by atoms with Gasteiger partial charge in [-0.25, -0.2) is 4.79 Å². The zero-order valence-corrected chi connectivity index (χ0v) is 18.6. The summed E-state index contributed by atoms with van der Waals surface area (Å²) in [6, 6.07) is 13.6. The Morgan fingerprint density at radius 3 is 2.52 bits per heavy atom. The predicted molar refractivity (Wildman–Crippen MR) is 118 cm³/mol. The third-order valence-corrected chi connectivity index (χ3v) is 4.64. The molecular weight excluding hydrogens is 394 g/mol. The van der Waals surface area contributed by atoms with E-state index in [1.165, 1.54) is 5.56 Å². The SMILES string of the molecule is COC[C@@H](C)NC(=O)Oc1cc(-c2ccc(C)cc2)cc(-n2nnnc2CC(C)C)c1. The molecule has 164 valence electrons. The van der Waals surface area contributed by atoms with Crippen molar-refractivity contribution in [3.8, 4) is 22.6 Å². The summed E-state index contributed by atoms with van der Waals surface area (Å²) in [5, 5.41) is 14.9. The number of carbonyl (C=O) groups is 1. The molecule has 31 heavy (non-hydrogen) atoms. The third-order valence-electron chi connectivity index (χ3n) is 4.64. The maximum Gasteiger partial charge on any atom is 0.412 e. The smallest absolute Gasteiger partial charge is 0.410 e. The van der Waals surface area contributed by atoms with E-state index in [9.17, 15) is 4.79 Å². The van der Waals surface area contributed by atoms with Crippen molar-refractivity contribution in [3.05, 3.63) is 53.9 Å². The fourth-order valence-corrected chi connectivity index (χ4v) is 3.21. The van der Waals surface area contributed by atoms with E-state index in [1.54, 1.807) is 17.9 Å². The second-order valence-electron chi connectivity index (χ2n) is 8.08. The van der Waals surface area contributed by atoms with Crippen LogP contribution in [0.1, 0.15) is 32.2 Å². The minimum atomic E-state index is -0.546. The lowest BCUT2D eigenvalue weighted by atomic mass is 10.0. The molecule has 3 aromatic rings. The van der Waals surface area contributed by atoms with E-state index in [0.29, 0.717) is 18.3 Å². The highest BCUT2D eigenvalue weighted by atomic mass is 16.6. The molecule has 8 nitrogen and oxygen atoms in total. The summed E-state index contributed by atoms with van der Waals surface area (Å²) in [7, 11) is 1.59. The number of nitrogens with zero attached hydrogens (tertiary/aromatic N) is 4. The van der Waals surface area contributed by atoms with E-state index in [0.717, 1.165) is 29.1 Å². The predicted octanol–water partition coefficient (Wildman–Crippen LogP) is 3.96. The van der Waals surface area contributed by atoms with Crippen LogP contribution in [0.3, 0.4) is 0 Å². The molecule has 0 saturated heterocycles. The molecule has 0 bridgehead atoms. The molecule has 0 aliphatic rings. The number of nitrogens with one attached hydrogen (secondary N) is 1. The average Bonchev–Trinajstić information content (AvgIpc) is 3.15. The van der Waals surface area contributed by atoms with Crippen LogP contribution in [0.2, 0.25) is 0 Å². The molecule has 1 atom stereocenters. The summed E-state index contributed by atoms with van der Waals surface area (Å²) < 4.78 is 12.3. The van der Waals surface area contributed by atoms with E-state index < -0.39 is 6.09 Å². The number of carbonyl (C=O) groups excluding carboxylic acids is 1. The van der Waals surface area contributed by atoms with E-state index in [4.69, 9.17) is 9.47 Å². The van der Waals surface area contributed by atoms with Crippen molar-refractivity contribution in [3.63, 3.8) is 0 Å². The molecule has 2 aromatic carbocycles. The maximum atomic E-state index is 12.4.